The summed E-state index contributed by atoms with van der Waals surface area (Å²) < 4.78 is 31.7. The molecule has 0 radical (unpaired) electrons. The van der Waals surface area contributed by atoms with Gasteiger partial charge in [0, 0.05) is 37.3 Å². The summed E-state index contributed by atoms with van der Waals surface area (Å²) >= 11 is 0. The number of fused-ring (bicyclic) bond motifs is 1. The number of nitrogens with zero attached hydrogens (tertiary/aromatic N) is 7. The fourth-order valence-electron chi connectivity index (χ4n) is 5.14. The quantitative estimate of drug-likeness (QED) is 0.379. The van der Waals surface area contributed by atoms with Crippen molar-refractivity contribution in [2.75, 3.05) is 36.4 Å². The molecule has 0 saturated carbocycles. The molecular weight excluding hydrogens is 474 g/mol. The molecule has 4 aromatic rings. The molecule has 0 unspecified atom stereocenters. The van der Waals surface area contributed by atoms with E-state index < -0.39 is 11.6 Å². The van der Waals surface area contributed by atoms with E-state index in [1.54, 1.807) is 6.07 Å². The van der Waals surface area contributed by atoms with Crippen molar-refractivity contribution in [1.29, 1.82) is 0 Å². The van der Waals surface area contributed by atoms with Crippen molar-refractivity contribution in [3.63, 3.8) is 0 Å². The summed E-state index contributed by atoms with van der Waals surface area (Å²) in [7, 11) is 0. The van der Waals surface area contributed by atoms with Crippen LogP contribution >= 0.6 is 0 Å². The molecule has 1 aliphatic rings. The topological polar surface area (TPSA) is 75.0 Å². The Hall–Kier alpha value is -3.66. The molecule has 8 nitrogen and oxygen atoms in total. The van der Waals surface area contributed by atoms with E-state index in [1.165, 1.54) is 6.07 Å². The third-order valence-electron chi connectivity index (χ3n) is 6.94. The van der Waals surface area contributed by atoms with Crippen molar-refractivity contribution < 1.29 is 8.78 Å². The Morgan fingerprint density at radius 2 is 1.86 bits per heavy atom. The van der Waals surface area contributed by atoms with E-state index in [9.17, 15) is 8.78 Å². The van der Waals surface area contributed by atoms with E-state index >= 15 is 0 Å². The second-order valence-electron chi connectivity index (χ2n) is 9.80. The van der Waals surface area contributed by atoms with Crippen LogP contribution in [0.25, 0.3) is 22.3 Å². The molecule has 0 spiro atoms. The minimum atomic E-state index is -0.639. The first-order chi connectivity index (χ1) is 17.7. The van der Waals surface area contributed by atoms with Crippen LogP contribution in [0.3, 0.4) is 0 Å². The number of benzene rings is 1. The van der Waals surface area contributed by atoms with Crippen molar-refractivity contribution in [3.8, 4) is 11.3 Å². The average molecular weight is 507 g/mol. The Morgan fingerprint density at radius 3 is 2.54 bits per heavy atom. The van der Waals surface area contributed by atoms with Gasteiger partial charge in [-0.2, -0.15) is 0 Å². The van der Waals surface area contributed by atoms with Gasteiger partial charge >= 0.3 is 0 Å². The molecule has 1 N–H and O–H groups in total. The normalized spacial score (nSPS) is 16.6. The van der Waals surface area contributed by atoms with Crippen LogP contribution in [0.1, 0.15) is 39.6 Å². The van der Waals surface area contributed by atoms with Crippen molar-refractivity contribution in [2.24, 2.45) is 0 Å². The first kappa shape index (κ1) is 25.0. The molecule has 4 heterocycles. The highest BCUT2D eigenvalue weighted by molar-refractivity contribution is 5.83. The van der Waals surface area contributed by atoms with Crippen LogP contribution in [0.4, 0.5) is 26.2 Å². The molecule has 0 amide bonds. The van der Waals surface area contributed by atoms with Crippen LogP contribution < -0.4 is 10.2 Å². The van der Waals surface area contributed by atoms with Gasteiger partial charge in [-0.15, -0.1) is 0 Å². The Bertz CT molecular complexity index is 1420. The van der Waals surface area contributed by atoms with Crippen molar-refractivity contribution in [2.45, 2.75) is 46.7 Å². The number of piperazine rings is 1. The lowest BCUT2D eigenvalue weighted by Crippen LogP contribution is -2.51. The smallest absolute Gasteiger partial charge is 0.229 e. The standard InChI is InChI=1S/C27H32F2N8/c1-6-35-9-10-36(17(4)15-35)20-7-8-24(30-13-20)33-27-31-14-22(29)25(34-27)19-11-21(28)26-23(12-19)37(16(2)3)18(5)32-26/h7-8,11-14,16-17H,6,9-10,15H2,1-5H3,(H,30,31,33,34)/t17-/m1/s1. The average Bonchev–Trinajstić information content (AvgIpc) is 3.22. The molecule has 1 aromatic carbocycles. The zero-order valence-corrected chi connectivity index (χ0v) is 21.8. The number of aromatic nitrogens is 5. The molecule has 3 aromatic heterocycles. The molecule has 5 rings (SSSR count). The Balaban J connectivity index is 1.40. The highest BCUT2D eigenvalue weighted by Gasteiger charge is 2.23. The zero-order valence-electron chi connectivity index (χ0n) is 21.8. The van der Waals surface area contributed by atoms with Crippen LogP contribution in [0.2, 0.25) is 0 Å². The fraction of sp³-hybridized carbons (Fsp3) is 0.407. The van der Waals surface area contributed by atoms with Gasteiger partial charge in [0.05, 0.1) is 23.6 Å². The summed E-state index contributed by atoms with van der Waals surface area (Å²) in [6, 6.07) is 7.32. The summed E-state index contributed by atoms with van der Waals surface area (Å²) in [4.78, 5) is 22.1. The van der Waals surface area contributed by atoms with Crippen molar-refractivity contribution in [3.05, 3.63) is 54.1 Å². The number of pyridine rings is 1. The van der Waals surface area contributed by atoms with Gasteiger partial charge in [-0.3, -0.25) is 4.90 Å². The lowest BCUT2D eigenvalue weighted by molar-refractivity contribution is 0.240. The van der Waals surface area contributed by atoms with Crippen LogP contribution in [0, 0.1) is 18.6 Å². The SMILES string of the molecule is CCN1CCN(c2ccc(Nc3ncc(F)c(-c4cc(F)c5nc(C)n(C(C)C)c5c4)n3)nc2)[C@H](C)C1. The molecule has 1 fully saturated rings. The number of nitrogens with one attached hydrogen (secondary N) is 1. The maximum absolute atomic E-state index is 15.0. The minimum Gasteiger partial charge on any atom is -0.365 e. The third-order valence-corrected chi connectivity index (χ3v) is 6.94. The molecule has 1 saturated heterocycles. The van der Waals surface area contributed by atoms with Gasteiger partial charge in [0.2, 0.25) is 5.95 Å². The van der Waals surface area contributed by atoms with Crippen LogP contribution in [0.5, 0.6) is 0 Å². The monoisotopic (exact) mass is 506 g/mol. The molecule has 0 bridgehead atoms. The molecule has 37 heavy (non-hydrogen) atoms. The van der Waals surface area contributed by atoms with Gasteiger partial charge in [0.25, 0.3) is 0 Å². The van der Waals surface area contributed by atoms with Gasteiger partial charge in [0.15, 0.2) is 11.6 Å². The molecule has 1 atom stereocenters. The largest absolute Gasteiger partial charge is 0.365 e. The number of aryl methyl sites for hydroxylation is 1. The zero-order chi connectivity index (χ0) is 26.3. The molecule has 1 aliphatic heterocycles. The first-order valence-electron chi connectivity index (χ1n) is 12.7. The minimum absolute atomic E-state index is 0.00620. The highest BCUT2D eigenvalue weighted by Crippen LogP contribution is 2.30. The van der Waals surface area contributed by atoms with Crippen LogP contribution in [0.15, 0.2) is 36.7 Å². The maximum atomic E-state index is 15.0. The van der Waals surface area contributed by atoms with Gasteiger partial charge in [-0.25, -0.2) is 28.7 Å². The summed E-state index contributed by atoms with van der Waals surface area (Å²) in [5.41, 5.74) is 2.24. The number of imidazole rings is 1. The van der Waals surface area contributed by atoms with E-state index in [2.05, 4.69) is 48.9 Å². The van der Waals surface area contributed by atoms with Gasteiger partial charge in [0.1, 0.15) is 22.9 Å². The number of likely N-dealkylation sites (N-methyl/N-ethyl adjacent to an activating group) is 1. The third kappa shape index (κ3) is 4.85. The Kier molecular flexibility index (Phi) is 6.76. The lowest BCUT2D eigenvalue weighted by atomic mass is 10.1. The van der Waals surface area contributed by atoms with E-state index in [0.29, 0.717) is 28.8 Å². The number of hydrogen-bond acceptors (Lipinski definition) is 7. The fourth-order valence-corrected chi connectivity index (χ4v) is 5.14. The second kappa shape index (κ2) is 10.0. The molecule has 10 heteroatoms. The van der Waals surface area contributed by atoms with Crippen molar-refractivity contribution in [1.82, 2.24) is 29.4 Å². The Morgan fingerprint density at radius 1 is 1.05 bits per heavy atom. The van der Waals surface area contributed by atoms with Crippen LogP contribution in [-0.2, 0) is 0 Å². The maximum Gasteiger partial charge on any atom is 0.229 e. The summed E-state index contributed by atoms with van der Waals surface area (Å²) in [5.74, 6) is 0.253. The number of anilines is 3. The highest BCUT2D eigenvalue weighted by atomic mass is 19.1. The predicted molar refractivity (Wildman–Crippen MR) is 142 cm³/mol. The Labute approximate surface area is 215 Å². The van der Waals surface area contributed by atoms with Gasteiger partial charge in [-0.1, -0.05) is 6.92 Å². The number of rotatable bonds is 6. The number of halogens is 2. The molecule has 0 aliphatic carbocycles. The van der Waals surface area contributed by atoms with E-state index in [-0.39, 0.29) is 23.2 Å². The summed E-state index contributed by atoms with van der Waals surface area (Å²) in [6.07, 6.45) is 2.91. The van der Waals surface area contributed by atoms with E-state index in [4.69, 9.17) is 0 Å². The van der Waals surface area contributed by atoms with Crippen molar-refractivity contribution >= 4 is 28.5 Å². The van der Waals surface area contributed by atoms with Crippen LogP contribution in [-0.4, -0.2) is 61.6 Å². The second-order valence-corrected chi connectivity index (χ2v) is 9.80. The molecule has 194 valence electrons. The van der Waals surface area contributed by atoms with E-state index in [1.807, 2.05) is 43.7 Å². The lowest BCUT2D eigenvalue weighted by Gasteiger charge is -2.40. The number of hydrogen-bond donors (Lipinski definition) is 1. The van der Waals surface area contributed by atoms with Gasteiger partial charge in [-0.05, 0) is 58.5 Å². The van der Waals surface area contributed by atoms with E-state index in [0.717, 1.165) is 38.1 Å². The summed E-state index contributed by atoms with van der Waals surface area (Å²) in [6.45, 7) is 14.3. The molecular formula is C27H32F2N8. The first-order valence-corrected chi connectivity index (χ1v) is 12.7. The predicted octanol–water partition coefficient (Wildman–Crippen LogP) is 5.33. The summed E-state index contributed by atoms with van der Waals surface area (Å²) in [5, 5.41) is 3.05. The van der Waals surface area contributed by atoms with Gasteiger partial charge < -0.3 is 14.8 Å².